The van der Waals surface area contributed by atoms with Gasteiger partial charge in [-0.2, -0.15) is 0 Å². The van der Waals surface area contributed by atoms with E-state index in [9.17, 15) is 0 Å². The molecular weight excluding hydrogens is 573 g/mol. The molecule has 0 saturated carbocycles. The molecule has 1 aliphatic rings. The second-order valence-electron chi connectivity index (χ2n) is 12.5. The van der Waals surface area contributed by atoms with E-state index >= 15 is 0 Å². The number of rotatable bonds is 4. The molecule has 0 spiro atoms. The summed E-state index contributed by atoms with van der Waals surface area (Å²) in [6.45, 7) is 4.68. The highest BCUT2D eigenvalue weighted by Crippen LogP contribution is 2.51. The van der Waals surface area contributed by atoms with Gasteiger partial charge in [-0.25, -0.2) is 15.0 Å². The average Bonchev–Trinajstić information content (AvgIpc) is 3.56. The van der Waals surface area contributed by atoms with E-state index < -0.39 is 0 Å². The molecule has 6 aromatic carbocycles. The van der Waals surface area contributed by atoms with Crippen molar-refractivity contribution in [2.24, 2.45) is 0 Å². The van der Waals surface area contributed by atoms with Crippen molar-refractivity contribution in [2.45, 2.75) is 26.7 Å². The largest absolute Gasteiger partial charge is 0.309 e. The summed E-state index contributed by atoms with van der Waals surface area (Å²) in [4.78, 5) is 14.9. The molecule has 0 aliphatic heterocycles. The summed E-state index contributed by atoms with van der Waals surface area (Å²) >= 11 is 0. The predicted molar refractivity (Wildman–Crippen MR) is 195 cm³/mol. The molecular formula is C43H34N4. The van der Waals surface area contributed by atoms with Crippen molar-refractivity contribution in [1.82, 2.24) is 19.5 Å². The molecule has 0 radical (unpaired) electrons. The zero-order valence-electron chi connectivity index (χ0n) is 25.6. The first-order valence-electron chi connectivity index (χ1n) is 15.7. The number of nitrogens with zero attached hydrogens (tertiary/aromatic N) is 4. The van der Waals surface area contributed by atoms with E-state index in [-0.39, 0.29) is 12.8 Å². The fraction of sp³-hybridized carbons (Fsp3) is 0.0930. The van der Waals surface area contributed by atoms with E-state index in [0.717, 1.165) is 22.4 Å². The standard InChI is InChI=1S/C42H30N4.CH4/c1-42(2)35-22-11-9-20-31(35)33-25-34-32-21-10-12-23-37(32)46(38(34)26-36(33)42)30-19-13-18-29(24-30)41-44-39(27-14-5-3-6-15-27)43-40(45-41)28-16-7-4-8-17-28;/h3-26H,1-2H3;1H4. The summed E-state index contributed by atoms with van der Waals surface area (Å²) in [6.07, 6.45) is 0. The number of aromatic nitrogens is 4. The maximum absolute atomic E-state index is 5.00. The Hall–Kier alpha value is -5.87. The first kappa shape index (κ1) is 28.6. The van der Waals surface area contributed by atoms with Gasteiger partial charge in [-0.3, -0.25) is 0 Å². The van der Waals surface area contributed by atoms with E-state index in [1.807, 2.05) is 60.7 Å². The highest BCUT2D eigenvalue weighted by atomic mass is 15.0. The van der Waals surface area contributed by atoms with Crippen LogP contribution in [0.15, 0.2) is 146 Å². The smallest absolute Gasteiger partial charge is 0.164 e. The Morgan fingerprint density at radius 1 is 0.447 bits per heavy atom. The van der Waals surface area contributed by atoms with Crippen LogP contribution in [0.3, 0.4) is 0 Å². The van der Waals surface area contributed by atoms with E-state index in [0.29, 0.717) is 17.5 Å². The molecule has 2 heterocycles. The van der Waals surface area contributed by atoms with E-state index in [4.69, 9.17) is 15.0 Å². The number of hydrogen-bond donors (Lipinski definition) is 0. The third kappa shape index (κ3) is 4.48. The molecule has 4 heteroatoms. The quantitative estimate of drug-likeness (QED) is 0.200. The molecule has 4 nitrogen and oxygen atoms in total. The molecule has 2 aromatic heterocycles. The second kappa shape index (κ2) is 10.9. The Bertz CT molecular complexity index is 2380. The van der Waals surface area contributed by atoms with Gasteiger partial charge < -0.3 is 4.57 Å². The lowest BCUT2D eigenvalue weighted by Crippen LogP contribution is -2.14. The van der Waals surface area contributed by atoms with Gasteiger partial charge in [0.1, 0.15) is 0 Å². The van der Waals surface area contributed by atoms with Gasteiger partial charge in [0, 0.05) is 38.6 Å². The normalized spacial score (nSPS) is 12.9. The van der Waals surface area contributed by atoms with Crippen molar-refractivity contribution in [3.8, 4) is 51.0 Å². The maximum Gasteiger partial charge on any atom is 0.164 e. The van der Waals surface area contributed by atoms with E-state index in [2.05, 4.69) is 103 Å². The number of benzene rings is 6. The second-order valence-corrected chi connectivity index (χ2v) is 12.5. The Morgan fingerprint density at radius 2 is 1.02 bits per heavy atom. The van der Waals surface area contributed by atoms with Gasteiger partial charge in [-0.05, 0) is 52.6 Å². The van der Waals surface area contributed by atoms with Gasteiger partial charge in [0.2, 0.25) is 0 Å². The van der Waals surface area contributed by atoms with Crippen LogP contribution in [0, 0.1) is 0 Å². The van der Waals surface area contributed by atoms with E-state index in [1.165, 1.54) is 44.1 Å². The number of para-hydroxylation sites is 1. The van der Waals surface area contributed by atoms with Crippen molar-refractivity contribution in [1.29, 1.82) is 0 Å². The van der Waals surface area contributed by atoms with Crippen LogP contribution in [0.2, 0.25) is 0 Å². The fourth-order valence-corrected chi connectivity index (χ4v) is 7.16. The van der Waals surface area contributed by atoms with Crippen LogP contribution in [0.4, 0.5) is 0 Å². The zero-order chi connectivity index (χ0) is 30.8. The number of fused-ring (bicyclic) bond motifs is 6. The maximum atomic E-state index is 5.00. The van der Waals surface area contributed by atoms with Crippen LogP contribution in [0.25, 0.3) is 72.8 Å². The lowest BCUT2D eigenvalue weighted by Gasteiger charge is -2.21. The molecule has 47 heavy (non-hydrogen) atoms. The summed E-state index contributed by atoms with van der Waals surface area (Å²) in [5.74, 6) is 1.96. The van der Waals surface area contributed by atoms with Crippen molar-refractivity contribution in [3.05, 3.63) is 157 Å². The molecule has 8 aromatic rings. The Balaban J connectivity index is 0.00000324. The Kier molecular flexibility index (Phi) is 6.62. The van der Waals surface area contributed by atoms with Crippen molar-refractivity contribution >= 4 is 21.8 Å². The zero-order valence-corrected chi connectivity index (χ0v) is 25.6. The third-order valence-corrected chi connectivity index (χ3v) is 9.44. The molecule has 0 unspecified atom stereocenters. The van der Waals surface area contributed by atoms with Gasteiger partial charge in [0.25, 0.3) is 0 Å². The topological polar surface area (TPSA) is 43.6 Å². The summed E-state index contributed by atoms with van der Waals surface area (Å²) in [7, 11) is 0. The summed E-state index contributed by atoms with van der Waals surface area (Å²) in [5, 5.41) is 2.50. The minimum Gasteiger partial charge on any atom is -0.309 e. The molecule has 0 N–H and O–H groups in total. The molecule has 0 saturated heterocycles. The highest BCUT2D eigenvalue weighted by Gasteiger charge is 2.36. The van der Waals surface area contributed by atoms with Crippen molar-refractivity contribution < 1.29 is 0 Å². The van der Waals surface area contributed by atoms with Crippen LogP contribution in [0.1, 0.15) is 32.4 Å². The van der Waals surface area contributed by atoms with Crippen LogP contribution < -0.4 is 0 Å². The Labute approximate surface area is 275 Å². The van der Waals surface area contributed by atoms with Gasteiger partial charge in [-0.15, -0.1) is 0 Å². The average molecular weight is 607 g/mol. The SMILES string of the molecule is C.CC1(C)c2ccccc2-c2cc3c4ccccc4n(-c4cccc(-c5nc(-c6ccccc6)nc(-c6ccccc6)n5)c4)c3cc21. The third-order valence-electron chi connectivity index (χ3n) is 9.44. The first-order valence-corrected chi connectivity index (χ1v) is 15.7. The van der Waals surface area contributed by atoms with Crippen molar-refractivity contribution in [3.63, 3.8) is 0 Å². The Morgan fingerprint density at radius 3 is 1.72 bits per heavy atom. The minimum absolute atomic E-state index is 0. The van der Waals surface area contributed by atoms with Gasteiger partial charge in [0.05, 0.1) is 11.0 Å². The molecule has 0 amide bonds. The number of hydrogen-bond acceptors (Lipinski definition) is 3. The first-order chi connectivity index (χ1) is 22.6. The fourth-order valence-electron chi connectivity index (χ4n) is 7.16. The molecule has 0 fully saturated rings. The summed E-state index contributed by atoms with van der Waals surface area (Å²) in [6, 6.07) is 51.2. The molecule has 226 valence electrons. The van der Waals surface area contributed by atoms with Crippen LogP contribution in [0.5, 0.6) is 0 Å². The van der Waals surface area contributed by atoms with Crippen LogP contribution >= 0.6 is 0 Å². The molecule has 0 atom stereocenters. The van der Waals surface area contributed by atoms with Crippen LogP contribution in [-0.4, -0.2) is 19.5 Å². The summed E-state index contributed by atoms with van der Waals surface area (Å²) < 4.78 is 2.39. The highest BCUT2D eigenvalue weighted by molar-refractivity contribution is 6.11. The molecule has 0 bridgehead atoms. The minimum atomic E-state index is -0.0875. The van der Waals surface area contributed by atoms with E-state index in [1.54, 1.807) is 0 Å². The lowest BCUT2D eigenvalue weighted by molar-refractivity contribution is 0.661. The van der Waals surface area contributed by atoms with Gasteiger partial charge in [0.15, 0.2) is 17.5 Å². The van der Waals surface area contributed by atoms with Gasteiger partial charge >= 0.3 is 0 Å². The lowest BCUT2D eigenvalue weighted by atomic mass is 9.82. The monoisotopic (exact) mass is 606 g/mol. The van der Waals surface area contributed by atoms with Crippen molar-refractivity contribution in [2.75, 3.05) is 0 Å². The van der Waals surface area contributed by atoms with Gasteiger partial charge in [-0.1, -0.05) is 137 Å². The van der Waals surface area contributed by atoms with Crippen LogP contribution in [-0.2, 0) is 5.41 Å². The predicted octanol–water partition coefficient (Wildman–Crippen LogP) is 10.9. The summed E-state index contributed by atoms with van der Waals surface area (Å²) in [5.41, 5.74) is 11.6. The molecule has 1 aliphatic carbocycles. The molecule has 9 rings (SSSR count).